The lowest BCUT2D eigenvalue weighted by atomic mass is 10.3. The van der Waals surface area contributed by atoms with E-state index in [0.717, 1.165) is 10.6 Å². The van der Waals surface area contributed by atoms with Crippen LogP contribution in [0.1, 0.15) is 12.6 Å². The summed E-state index contributed by atoms with van der Waals surface area (Å²) in [6.45, 7) is 1.58. The lowest BCUT2D eigenvalue weighted by Crippen LogP contribution is -2.22. The fourth-order valence-corrected chi connectivity index (χ4v) is 3.91. The molecule has 0 bridgehead atoms. The van der Waals surface area contributed by atoms with E-state index >= 15 is 0 Å². The Balaban J connectivity index is 1.57. The van der Waals surface area contributed by atoms with Crippen molar-refractivity contribution in [2.45, 2.75) is 18.4 Å². The third kappa shape index (κ3) is 5.42. The van der Waals surface area contributed by atoms with E-state index < -0.39 is 0 Å². The Bertz CT molecular complexity index is 898. The number of aromatic nitrogens is 1. The highest BCUT2D eigenvalue weighted by molar-refractivity contribution is 8.00. The van der Waals surface area contributed by atoms with E-state index in [1.807, 2.05) is 60.7 Å². The van der Waals surface area contributed by atoms with Crippen LogP contribution in [-0.2, 0) is 20.9 Å². The molecule has 0 N–H and O–H groups in total. The van der Waals surface area contributed by atoms with Gasteiger partial charge in [0.25, 0.3) is 0 Å². The molecule has 5 nitrogen and oxygen atoms in total. The van der Waals surface area contributed by atoms with Crippen LogP contribution in [0.2, 0.25) is 0 Å². The molecule has 3 rings (SSSR count). The van der Waals surface area contributed by atoms with E-state index in [2.05, 4.69) is 4.98 Å². The normalized spacial score (nSPS) is 10.4. The summed E-state index contributed by atoms with van der Waals surface area (Å²) in [7, 11) is 0. The third-order valence-corrected chi connectivity index (χ3v) is 5.40. The first-order valence-corrected chi connectivity index (χ1v) is 10.1. The minimum Gasteiger partial charge on any atom is -0.459 e. The zero-order valence-electron chi connectivity index (χ0n) is 14.7. The van der Waals surface area contributed by atoms with Gasteiger partial charge < -0.3 is 4.74 Å². The number of carbonyl (C=O) groups excluding carboxylic acids is 2. The van der Waals surface area contributed by atoms with Crippen LogP contribution in [-0.4, -0.2) is 22.6 Å². The van der Waals surface area contributed by atoms with E-state index in [-0.39, 0.29) is 24.2 Å². The summed E-state index contributed by atoms with van der Waals surface area (Å²) in [5.41, 5.74) is 1.37. The van der Waals surface area contributed by atoms with Crippen molar-refractivity contribution in [2.24, 2.45) is 0 Å². The highest BCUT2D eigenvalue weighted by atomic mass is 32.2. The standard InChI is InChI=1S/C20H18N2O3S2/c1-15(23)22(17-8-4-2-5-9-17)20-21-16(13-27-20)12-25-19(24)14-26-18-10-6-3-7-11-18/h2-11,13H,12,14H2,1H3. The quantitative estimate of drug-likeness (QED) is 0.428. The number of ether oxygens (including phenoxy) is 1. The molecule has 2 aromatic carbocycles. The highest BCUT2D eigenvalue weighted by Crippen LogP contribution is 2.29. The Kier molecular flexibility index (Phi) is 6.62. The predicted molar refractivity (Wildman–Crippen MR) is 108 cm³/mol. The highest BCUT2D eigenvalue weighted by Gasteiger charge is 2.18. The zero-order valence-corrected chi connectivity index (χ0v) is 16.3. The molecule has 0 saturated carbocycles. The number of carbonyl (C=O) groups is 2. The second-order valence-corrected chi connectivity index (χ2v) is 7.46. The molecular weight excluding hydrogens is 380 g/mol. The molecule has 0 radical (unpaired) electrons. The number of nitrogens with zero attached hydrogens (tertiary/aromatic N) is 2. The van der Waals surface area contributed by atoms with Crippen molar-refractivity contribution in [3.05, 3.63) is 71.7 Å². The molecule has 0 aliphatic heterocycles. The fourth-order valence-electron chi connectivity index (χ4n) is 2.32. The van der Waals surface area contributed by atoms with Gasteiger partial charge in [-0.25, -0.2) is 4.98 Å². The molecule has 1 amide bonds. The van der Waals surface area contributed by atoms with Gasteiger partial charge in [-0.3, -0.25) is 14.5 Å². The first-order valence-electron chi connectivity index (χ1n) is 8.27. The first kappa shape index (κ1) is 19.1. The van der Waals surface area contributed by atoms with Crippen LogP contribution >= 0.6 is 23.1 Å². The van der Waals surface area contributed by atoms with Crippen molar-refractivity contribution in [3.8, 4) is 0 Å². The van der Waals surface area contributed by atoms with Crippen LogP contribution in [0.5, 0.6) is 0 Å². The van der Waals surface area contributed by atoms with Gasteiger partial charge in [-0.2, -0.15) is 0 Å². The van der Waals surface area contributed by atoms with Gasteiger partial charge in [-0.1, -0.05) is 36.4 Å². The van der Waals surface area contributed by atoms with Crippen molar-refractivity contribution in [1.82, 2.24) is 4.98 Å². The van der Waals surface area contributed by atoms with Crippen LogP contribution in [0.3, 0.4) is 0 Å². The van der Waals surface area contributed by atoms with Gasteiger partial charge in [0.1, 0.15) is 6.61 Å². The van der Waals surface area contributed by atoms with Gasteiger partial charge in [-0.05, 0) is 24.3 Å². The molecule has 0 spiro atoms. The minimum atomic E-state index is -0.301. The summed E-state index contributed by atoms with van der Waals surface area (Å²) in [5.74, 6) is -0.187. The topological polar surface area (TPSA) is 59.5 Å². The Morgan fingerprint density at radius 1 is 1.07 bits per heavy atom. The summed E-state index contributed by atoms with van der Waals surface area (Å²) in [6, 6.07) is 19.0. The average Bonchev–Trinajstić information content (AvgIpc) is 3.14. The van der Waals surface area contributed by atoms with Crippen LogP contribution in [0.25, 0.3) is 0 Å². The number of esters is 1. The number of hydrogen-bond donors (Lipinski definition) is 0. The van der Waals surface area contributed by atoms with Crippen LogP contribution < -0.4 is 4.90 Å². The molecule has 138 valence electrons. The number of para-hydroxylation sites is 1. The van der Waals surface area contributed by atoms with Gasteiger partial charge in [-0.15, -0.1) is 23.1 Å². The van der Waals surface area contributed by atoms with Crippen molar-refractivity contribution < 1.29 is 14.3 Å². The van der Waals surface area contributed by atoms with Gasteiger partial charge in [0, 0.05) is 17.2 Å². The Hall–Kier alpha value is -2.64. The van der Waals surface area contributed by atoms with E-state index in [4.69, 9.17) is 4.74 Å². The second-order valence-electron chi connectivity index (χ2n) is 5.57. The maximum atomic E-state index is 12.0. The predicted octanol–water partition coefficient (Wildman–Crippen LogP) is 4.66. The van der Waals surface area contributed by atoms with E-state index in [0.29, 0.717) is 10.8 Å². The monoisotopic (exact) mass is 398 g/mol. The Morgan fingerprint density at radius 2 is 1.74 bits per heavy atom. The maximum Gasteiger partial charge on any atom is 0.316 e. The lowest BCUT2D eigenvalue weighted by Gasteiger charge is -2.17. The molecule has 0 atom stereocenters. The second kappa shape index (κ2) is 9.34. The van der Waals surface area contributed by atoms with E-state index in [1.54, 1.807) is 10.3 Å². The number of thioether (sulfide) groups is 1. The van der Waals surface area contributed by atoms with Gasteiger partial charge >= 0.3 is 5.97 Å². The largest absolute Gasteiger partial charge is 0.459 e. The number of rotatable bonds is 7. The summed E-state index contributed by atoms with van der Waals surface area (Å²) in [5, 5.41) is 2.35. The number of thiazole rings is 1. The van der Waals surface area contributed by atoms with Gasteiger partial charge in [0.05, 0.1) is 17.1 Å². The Labute approximate surface area is 166 Å². The number of benzene rings is 2. The lowest BCUT2D eigenvalue weighted by molar-refractivity contribution is -0.141. The summed E-state index contributed by atoms with van der Waals surface area (Å²) >= 11 is 2.77. The average molecular weight is 399 g/mol. The fraction of sp³-hybridized carbons (Fsp3) is 0.150. The van der Waals surface area contributed by atoms with Gasteiger partial charge in [0.2, 0.25) is 5.91 Å². The van der Waals surface area contributed by atoms with Crippen LogP contribution in [0.4, 0.5) is 10.8 Å². The van der Waals surface area contributed by atoms with Crippen LogP contribution in [0.15, 0.2) is 70.9 Å². The molecule has 0 unspecified atom stereocenters. The summed E-state index contributed by atoms with van der Waals surface area (Å²) < 4.78 is 5.29. The number of amides is 1. The van der Waals surface area contributed by atoms with Crippen molar-refractivity contribution in [2.75, 3.05) is 10.7 Å². The van der Waals surface area contributed by atoms with Gasteiger partial charge in [0.15, 0.2) is 5.13 Å². The molecule has 0 aliphatic rings. The SMILES string of the molecule is CC(=O)N(c1ccccc1)c1nc(COC(=O)CSc2ccccc2)cs1. The van der Waals surface area contributed by atoms with E-state index in [1.165, 1.54) is 30.0 Å². The summed E-state index contributed by atoms with van der Waals surface area (Å²) in [4.78, 5) is 31.0. The maximum absolute atomic E-state index is 12.0. The molecule has 7 heteroatoms. The Morgan fingerprint density at radius 3 is 2.41 bits per heavy atom. The molecule has 0 saturated heterocycles. The molecule has 0 fully saturated rings. The van der Waals surface area contributed by atoms with Crippen molar-refractivity contribution in [3.63, 3.8) is 0 Å². The molecule has 0 aliphatic carbocycles. The first-order chi connectivity index (χ1) is 13.1. The van der Waals surface area contributed by atoms with Crippen LogP contribution in [0, 0.1) is 0 Å². The smallest absolute Gasteiger partial charge is 0.316 e. The molecule has 1 heterocycles. The summed E-state index contributed by atoms with van der Waals surface area (Å²) in [6.07, 6.45) is 0. The zero-order chi connectivity index (χ0) is 19.1. The number of hydrogen-bond acceptors (Lipinski definition) is 6. The molecule has 27 heavy (non-hydrogen) atoms. The third-order valence-electron chi connectivity index (χ3n) is 3.54. The molecule has 1 aromatic heterocycles. The van der Waals surface area contributed by atoms with E-state index in [9.17, 15) is 9.59 Å². The molecular formula is C20H18N2O3S2. The van der Waals surface area contributed by atoms with Crippen molar-refractivity contribution >= 4 is 45.8 Å². The molecule has 3 aromatic rings. The van der Waals surface area contributed by atoms with Crippen molar-refractivity contribution in [1.29, 1.82) is 0 Å². The number of anilines is 2. The minimum absolute atomic E-state index is 0.0885.